The molecule has 0 bridgehead atoms. The molecule has 0 aliphatic carbocycles. The number of nitrogens with one attached hydrogen (secondary N) is 1. The van der Waals surface area contributed by atoms with E-state index in [0.29, 0.717) is 6.54 Å². The Bertz CT molecular complexity index is 608. The Labute approximate surface area is 157 Å². The van der Waals surface area contributed by atoms with Crippen molar-refractivity contribution in [1.82, 2.24) is 15.1 Å². The molecule has 1 fully saturated rings. The number of carbonyl (C=O) groups is 2. The van der Waals surface area contributed by atoms with E-state index in [0.717, 1.165) is 50.0 Å². The van der Waals surface area contributed by atoms with Gasteiger partial charge in [-0.15, -0.1) is 0 Å². The van der Waals surface area contributed by atoms with E-state index in [2.05, 4.69) is 16.8 Å². The first-order valence-electron chi connectivity index (χ1n) is 8.59. The van der Waals surface area contributed by atoms with Crippen LogP contribution in [0.25, 0.3) is 0 Å². The van der Waals surface area contributed by atoms with Crippen LogP contribution >= 0.6 is 0 Å². The Hall–Kier alpha value is -2.35. The highest BCUT2D eigenvalue weighted by molar-refractivity contribution is 5.87. The van der Waals surface area contributed by atoms with Crippen molar-refractivity contribution in [3.63, 3.8) is 0 Å². The van der Waals surface area contributed by atoms with Crippen LogP contribution in [0.15, 0.2) is 36.9 Å². The number of benzene rings is 1. The number of rotatable bonds is 5. The normalized spacial score (nSPS) is 15.3. The molecule has 0 radical (unpaired) electrons. The Morgan fingerprint density at radius 3 is 2.19 bits per heavy atom. The average molecular weight is 385 g/mol. The van der Waals surface area contributed by atoms with Crippen LogP contribution in [0.3, 0.4) is 0 Å². The van der Waals surface area contributed by atoms with Gasteiger partial charge in [-0.25, -0.2) is 0 Å². The van der Waals surface area contributed by atoms with E-state index in [1.165, 1.54) is 23.1 Å². The zero-order valence-electron chi connectivity index (χ0n) is 15.6. The van der Waals surface area contributed by atoms with Crippen LogP contribution in [0.1, 0.15) is 24.0 Å². The van der Waals surface area contributed by atoms with Gasteiger partial charge in [-0.2, -0.15) is 13.2 Å². The first-order valence-corrected chi connectivity index (χ1v) is 8.59. The van der Waals surface area contributed by atoms with E-state index in [1.807, 2.05) is 0 Å². The Morgan fingerprint density at radius 2 is 1.78 bits per heavy atom. The first-order chi connectivity index (χ1) is 12.7. The predicted octanol–water partition coefficient (Wildman–Crippen LogP) is 2.68. The van der Waals surface area contributed by atoms with Crippen LogP contribution in [0, 0.1) is 0 Å². The SMILES string of the molecule is C=CC(=O)NC1CCN(Cc2ccc(C(F)(F)F)cc2)CC1.CN(C)C=O. The molecule has 1 aromatic carbocycles. The van der Waals surface area contributed by atoms with Gasteiger partial charge in [0, 0.05) is 39.8 Å². The maximum atomic E-state index is 12.5. The number of hydrogen-bond acceptors (Lipinski definition) is 3. The summed E-state index contributed by atoms with van der Waals surface area (Å²) in [4.78, 5) is 24.3. The first kappa shape index (κ1) is 22.7. The van der Waals surface area contributed by atoms with Gasteiger partial charge in [-0.3, -0.25) is 14.5 Å². The number of alkyl halides is 3. The fraction of sp³-hybridized carbons (Fsp3) is 0.474. The minimum Gasteiger partial charge on any atom is -0.351 e. The molecule has 1 heterocycles. The van der Waals surface area contributed by atoms with E-state index < -0.39 is 11.7 Å². The standard InChI is InChI=1S/C16H19F3N2O.C3H7NO/c1-2-15(22)20-14-7-9-21(10-8-14)11-12-3-5-13(6-4-12)16(17,18)19;1-4(2)3-5/h2-6,14H,1,7-11H2,(H,20,22);3H,1-2H3. The number of piperidine rings is 1. The summed E-state index contributed by atoms with van der Waals surface area (Å²) in [5, 5.41) is 2.87. The third-order valence-corrected chi connectivity index (χ3v) is 4.02. The van der Waals surface area contributed by atoms with Crippen LogP contribution in [0.2, 0.25) is 0 Å². The predicted molar refractivity (Wildman–Crippen MR) is 97.8 cm³/mol. The van der Waals surface area contributed by atoms with E-state index in [-0.39, 0.29) is 11.9 Å². The zero-order chi connectivity index (χ0) is 20.4. The van der Waals surface area contributed by atoms with Gasteiger partial charge in [-0.05, 0) is 36.6 Å². The lowest BCUT2D eigenvalue weighted by Gasteiger charge is -2.32. The van der Waals surface area contributed by atoms with E-state index in [9.17, 15) is 22.8 Å². The lowest BCUT2D eigenvalue weighted by Crippen LogP contribution is -2.43. The van der Waals surface area contributed by atoms with Crippen molar-refractivity contribution in [1.29, 1.82) is 0 Å². The van der Waals surface area contributed by atoms with Crippen LogP contribution in [0.5, 0.6) is 0 Å². The number of carbonyl (C=O) groups excluding carboxylic acids is 2. The highest BCUT2D eigenvalue weighted by atomic mass is 19.4. The van der Waals surface area contributed by atoms with Gasteiger partial charge in [0.25, 0.3) is 0 Å². The number of halogens is 3. The van der Waals surface area contributed by atoms with Gasteiger partial charge in [0.15, 0.2) is 0 Å². The van der Waals surface area contributed by atoms with Crippen molar-refractivity contribution in [2.75, 3.05) is 27.2 Å². The molecule has 150 valence electrons. The van der Waals surface area contributed by atoms with Gasteiger partial charge in [0.1, 0.15) is 0 Å². The molecule has 2 amide bonds. The molecule has 1 saturated heterocycles. The maximum absolute atomic E-state index is 12.5. The van der Waals surface area contributed by atoms with Crippen molar-refractivity contribution >= 4 is 12.3 Å². The van der Waals surface area contributed by atoms with Crippen molar-refractivity contribution < 1.29 is 22.8 Å². The summed E-state index contributed by atoms with van der Waals surface area (Å²) < 4.78 is 37.5. The molecule has 1 aliphatic rings. The fourth-order valence-corrected chi connectivity index (χ4v) is 2.55. The number of hydrogen-bond donors (Lipinski definition) is 1. The Kier molecular flexibility index (Phi) is 9.00. The molecular weight excluding hydrogens is 359 g/mol. The second-order valence-electron chi connectivity index (χ2n) is 6.53. The Balaban J connectivity index is 0.000000646. The molecular formula is C19H26F3N3O2. The van der Waals surface area contributed by atoms with Gasteiger partial charge in [0.2, 0.25) is 12.3 Å². The summed E-state index contributed by atoms with van der Waals surface area (Å²) in [6.45, 7) is 5.66. The summed E-state index contributed by atoms with van der Waals surface area (Å²) >= 11 is 0. The molecule has 27 heavy (non-hydrogen) atoms. The van der Waals surface area contributed by atoms with Crippen molar-refractivity contribution in [3.8, 4) is 0 Å². The monoisotopic (exact) mass is 385 g/mol. The molecule has 1 aliphatic heterocycles. The third kappa shape index (κ3) is 8.72. The fourth-order valence-electron chi connectivity index (χ4n) is 2.55. The second-order valence-corrected chi connectivity index (χ2v) is 6.53. The molecule has 0 aromatic heterocycles. The molecule has 0 atom stereocenters. The largest absolute Gasteiger partial charge is 0.416 e. The van der Waals surface area contributed by atoms with Crippen molar-refractivity contribution in [2.45, 2.75) is 31.6 Å². The zero-order valence-corrected chi connectivity index (χ0v) is 15.6. The molecule has 1 N–H and O–H groups in total. The van der Waals surface area contributed by atoms with E-state index in [1.54, 1.807) is 14.1 Å². The highest BCUT2D eigenvalue weighted by Crippen LogP contribution is 2.29. The number of nitrogens with zero attached hydrogens (tertiary/aromatic N) is 2. The lowest BCUT2D eigenvalue weighted by atomic mass is 10.0. The molecule has 0 saturated carbocycles. The van der Waals surface area contributed by atoms with Gasteiger partial charge >= 0.3 is 6.18 Å². The summed E-state index contributed by atoms with van der Waals surface area (Å²) in [7, 11) is 3.38. The number of likely N-dealkylation sites (tertiary alicyclic amines) is 1. The molecule has 2 rings (SSSR count). The van der Waals surface area contributed by atoms with Crippen LogP contribution in [0.4, 0.5) is 13.2 Å². The molecule has 5 nitrogen and oxygen atoms in total. The minimum absolute atomic E-state index is 0.148. The number of amides is 2. The van der Waals surface area contributed by atoms with Gasteiger partial charge in [-0.1, -0.05) is 18.7 Å². The Morgan fingerprint density at radius 1 is 1.26 bits per heavy atom. The maximum Gasteiger partial charge on any atom is 0.416 e. The van der Waals surface area contributed by atoms with E-state index in [4.69, 9.17) is 0 Å². The highest BCUT2D eigenvalue weighted by Gasteiger charge is 2.30. The summed E-state index contributed by atoms with van der Waals surface area (Å²) in [5.41, 5.74) is 0.240. The minimum atomic E-state index is -4.29. The van der Waals surface area contributed by atoms with Gasteiger partial charge in [0.05, 0.1) is 5.56 Å². The summed E-state index contributed by atoms with van der Waals surface area (Å²) in [5.74, 6) is -0.166. The van der Waals surface area contributed by atoms with Crippen LogP contribution in [-0.2, 0) is 22.3 Å². The summed E-state index contributed by atoms with van der Waals surface area (Å²) in [6, 6.07) is 5.43. The smallest absolute Gasteiger partial charge is 0.351 e. The van der Waals surface area contributed by atoms with E-state index >= 15 is 0 Å². The molecule has 0 unspecified atom stereocenters. The lowest BCUT2D eigenvalue weighted by molar-refractivity contribution is -0.137. The van der Waals surface area contributed by atoms with Crippen LogP contribution in [-0.4, -0.2) is 55.3 Å². The quantitative estimate of drug-likeness (QED) is 0.626. The average Bonchev–Trinajstić information content (AvgIpc) is 2.63. The van der Waals surface area contributed by atoms with Crippen LogP contribution < -0.4 is 5.32 Å². The van der Waals surface area contributed by atoms with Gasteiger partial charge < -0.3 is 10.2 Å². The summed E-state index contributed by atoms with van der Waals surface area (Å²) in [6.07, 6.45) is -0.616. The molecule has 1 aromatic rings. The van der Waals surface area contributed by atoms with Crippen molar-refractivity contribution in [3.05, 3.63) is 48.0 Å². The van der Waals surface area contributed by atoms with Crippen molar-refractivity contribution in [2.24, 2.45) is 0 Å². The topological polar surface area (TPSA) is 52.7 Å². The molecule has 8 heteroatoms. The molecule has 0 spiro atoms. The third-order valence-electron chi connectivity index (χ3n) is 4.02. The second kappa shape index (κ2) is 10.7.